The second-order valence-electron chi connectivity index (χ2n) is 7.84. The van der Waals surface area contributed by atoms with Gasteiger partial charge in [-0.3, -0.25) is 9.59 Å². The summed E-state index contributed by atoms with van der Waals surface area (Å²) in [7, 11) is 0. The number of hydrogen-bond donors (Lipinski definition) is 3. The van der Waals surface area contributed by atoms with E-state index in [-0.39, 0.29) is 17.3 Å². The van der Waals surface area contributed by atoms with E-state index in [0.29, 0.717) is 23.6 Å². The number of ether oxygens (including phenoxy) is 2. The van der Waals surface area contributed by atoms with Gasteiger partial charge in [0.25, 0.3) is 5.91 Å². The second-order valence-corrected chi connectivity index (χ2v) is 7.84. The molecule has 0 aliphatic rings. The average Bonchev–Trinajstić information content (AvgIpc) is 2.84. The number of nitrogens with one attached hydrogen (secondary N) is 2. The molecule has 3 aromatic rings. The van der Waals surface area contributed by atoms with E-state index in [1.165, 1.54) is 24.6 Å². The van der Waals surface area contributed by atoms with Gasteiger partial charge in [0.05, 0.1) is 12.3 Å². The molecule has 0 spiro atoms. The molecule has 0 atom stereocenters. The van der Waals surface area contributed by atoms with Gasteiger partial charge >= 0.3 is 5.97 Å². The van der Waals surface area contributed by atoms with Crippen LogP contribution in [0.5, 0.6) is 11.5 Å². The van der Waals surface area contributed by atoms with Gasteiger partial charge in [-0.2, -0.15) is 0 Å². The maximum Gasteiger partial charge on any atom is 0.341 e. The van der Waals surface area contributed by atoms with Crippen LogP contribution in [0.4, 0.5) is 11.4 Å². The van der Waals surface area contributed by atoms with Crippen LogP contribution < -0.4 is 20.1 Å². The molecule has 0 radical (unpaired) electrons. The van der Waals surface area contributed by atoms with Gasteiger partial charge in [-0.25, -0.2) is 4.79 Å². The Morgan fingerprint density at radius 3 is 2.29 bits per heavy atom. The molecular weight excluding hydrogens is 448 g/mol. The molecule has 182 valence electrons. The molecule has 0 heterocycles. The first-order chi connectivity index (χ1) is 16.9. The fraction of sp³-hybridized carbons (Fsp3) is 0.222. The molecule has 2 amide bonds. The maximum atomic E-state index is 12.8. The van der Waals surface area contributed by atoms with Crippen molar-refractivity contribution in [2.75, 3.05) is 23.8 Å². The number of carbonyl (C=O) groups is 3. The van der Waals surface area contributed by atoms with E-state index in [1.807, 2.05) is 18.2 Å². The summed E-state index contributed by atoms with van der Waals surface area (Å²) in [6.45, 7) is 1.37. The quantitative estimate of drug-likeness (QED) is 0.325. The van der Waals surface area contributed by atoms with Gasteiger partial charge in [0.2, 0.25) is 5.91 Å². The fourth-order valence-corrected chi connectivity index (χ4v) is 3.34. The number of unbranched alkanes of at least 4 members (excludes halogenated alkanes) is 1. The lowest BCUT2D eigenvalue weighted by molar-refractivity contribution is -0.139. The molecular formula is C27H28N2O6. The summed E-state index contributed by atoms with van der Waals surface area (Å²) < 4.78 is 11.0. The highest BCUT2D eigenvalue weighted by molar-refractivity contribution is 6.05. The number of carboxylic acids is 1. The third kappa shape index (κ3) is 8.51. The van der Waals surface area contributed by atoms with Crippen LogP contribution in [-0.2, 0) is 16.0 Å². The van der Waals surface area contributed by atoms with Gasteiger partial charge in [-0.1, -0.05) is 30.3 Å². The summed E-state index contributed by atoms with van der Waals surface area (Å²) in [6.07, 6.45) is 2.94. The average molecular weight is 477 g/mol. The van der Waals surface area contributed by atoms with Crippen molar-refractivity contribution in [2.24, 2.45) is 0 Å². The number of anilines is 2. The molecule has 0 saturated heterocycles. The van der Waals surface area contributed by atoms with Gasteiger partial charge in [-0.15, -0.1) is 0 Å². The first kappa shape index (κ1) is 25.3. The van der Waals surface area contributed by atoms with E-state index in [1.54, 1.807) is 30.3 Å². The van der Waals surface area contributed by atoms with E-state index in [0.717, 1.165) is 19.3 Å². The molecule has 3 N–H and O–H groups in total. The lowest BCUT2D eigenvalue weighted by atomic mass is 10.1. The minimum Gasteiger partial charge on any atom is -0.494 e. The monoisotopic (exact) mass is 476 g/mol. The Labute approximate surface area is 203 Å². The maximum absolute atomic E-state index is 12.8. The number of benzene rings is 3. The normalized spacial score (nSPS) is 10.3. The molecule has 0 fully saturated rings. The minimum atomic E-state index is -1.15. The minimum absolute atomic E-state index is 0.172. The number of aliphatic carboxylic acids is 1. The summed E-state index contributed by atoms with van der Waals surface area (Å²) >= 11 is 0. The van der Waals surface area contributed by atoms with Crippen LogP contribution in [-0.4, -0.2) is 36.1 Å². The zero-order valence-corrected chi connectivity index (χ0v) is 19.5. The Kier molecular flexibility index (Phi) is 9.24. The fourth-order valence-electron chi connectivity index (χ4n) is 3.34. The van der Waals surface area contributed by atoms with Crippen molar-refractivity contribution in [3.05, 3.63) is 83.9 Å². The van der Waals surface area contributed by atoms with Gasteiger partial charge in [0.1, 0.15) is 11.5 Å². The molecule has 0 saturated carbocycles. The summed E-state index contributed by atoms with van der Waals surface area (Å²) in [5.41, 5.74) is 2.37. The van der Waals surface area contributed by atoms with Crippen LogP contribution in [0.1, 0.15) is 35.7 Å². The standard InChI is InChI=1S/C27H28N2O6/c1-19(30)28-22-12-15-25(35-18-26(31)32)24(17-22)29-27(33)21-10-13-23(14-11-21)34-16-6-5-9-20-7-3-2-4-8-20/h2-4,7-8,10-15,17H,5-6,9,16,18H2,1H3,(H,28,30)(H,29,33)(H,31,32). The molecule has 0 unspecified atom stereocenters. The highest BCUT2D eigenvalue weighted by Gasteiger charge is 2.13. The van der Waals surface area contributed by atoms with Crippen LogP contribution in [0.2, 0.25) is 0 Å². The first-order valence-corrected chi connectivity index (χ1v) is 11.2. The Balaban J connectivity index is 1.55. The molecule has 0 aromatic heterocycles. The zero-order chi connectivity index (χ0) is 25.0. The summed E-state index contributed by atoms with van der Waals surface area (Å²) in [5, 5.41) is 14.2. The van der Waals surface area contributed by atoms with Crippen LogP contribution >= 0.6 is 0 Å². The van der Waals surface area contributed by atoms with Crippen LogP contribution in [0, 0.1) is 0 Å². The number of amides is 2. The third-order valence-corrected chi connectivity index (χ3v) is 4.99. The lowest BCUT2D eigenvalue weighted by Gasteiger charge is -2.14. The Hall–Kier alpha value is -4.33. The first-order valence-electron chi connectivity index (χ1n) is 11.2. The smallest absolute Gasteiger partial charge is 0.341 e. The molecule has 8 heteroatoms. The van der Waals surface area contributed by atoms with Crippen molar-refractivity contribution in [1.82, 2.24) is 0 Å². The Morgan fingerprint density at radius 1 is 0.857 bits per heavy atom. The van der Waals surface area contributed by atoms with Gasteiger partial charge in [0.15, 0.2) is 6.61 Å². The number of aryl methyl sites for hydroxylation is 1. The van der Waals surface area contributed by atoms with Gasteiger partial charge < -0.3 is 25.2 Å². The zero-order valence-electron chi connectivity index (χ0n) is 19.5. The predicted molar refractivity (Wildman–Crippen MR) is 133 cm³/mol. The number of carbonyl (C=O) groups excluding carboxylic acids is 2. The van der Waals surface area contributed by atoms with Gasteiger partial charge in [-0.05, 0) is 67.3 Å². The highest BCUT2D eigenvalue weighted by atomic mass is 16.5. The largest absolute Gasteiger partial charge is 0.494 e. The van der Waals surface area contributed by atoms with Crippen molar-refractivity contribution < 1.29 is 29.0 Å². The molecule has 3 rings (SSSR count). The molecule has 35 heavy (non-hydrogen) atoms. The van der Waals surface area contributed by atoms with Crippen LogP contribution in [0.3, 0.4) is 0 Å². The van der Waals surface area contributed by atoms with Crippen molar-refractivity contribution in [2.45, 2.75) is 26.2 Å². The molecule has 0 aliphatic carbocycles. The van der Waals surface area contributed by atoms with Crippen LogP contribution in [0.15, 0.2) is 72.8 Å². The molecule has 8 nitrogen and oxygen atoms in total. The van der Waals surface area contributed by atoms with E-state index >= 15 is 0 Å². The van der Waals surface area contributed by atoms with Crippen molar-refractivity contribution in [3.8, 4) is 11.5 Å². The van der Waals surface area contributed by atoms with Crippen molar-refractivity contribution in [1.29, 1.82) is 0 Å². The highest BCUT2D eigenvalue weighted by Crippen LogP contribution is 2.29. The van der Waals surface area contributed by atoms with Crippen LogP contribution in [0.25, 0.3) is 0 Å². The molecule has 0 aliphatic heterocycles. The summed E-state index contributed by atoms with van der Waals surface area (Å²) in [4.78, 5) is 35.0. The number of carboxylic acid groups (broad SMARTS) is 1. The Bertz CT molecular complexity index is 1150. The third-order valence-electron chi connectivity index (χ3n) is 4.99. The predicted octanol–water partition coefficient (Wildman–Crippen LogP) is 4.76. The van der Waals surface area contributed by atoms with E-state index < -0.39 is 18.5 Å². The van der Waals surface area contributed by atoms with E-state index in [9.17, 15) is 14.4 Å². The molecule has 0 bridgehead atoms. The number of hydrogen-bond acceptors (Lipinski definition) is 5. The molecule has 3 aromatic carbocycles. The Morgan fingerprint density at radius 2 is 1.60 bits per heavy atom. The van der Waals surface area contributed by atoms with Gasteiger partial charge in [0, 0.05) is 18.2 Å². The number of rotatable bonds is 12. The summed E-state index contributed by atoms with van der Waals surface area (Å²) in [6, 6.07) is 21.6. The van der Waals surface area contributed by atoms with Crippen molar-refractivity contribution in [3.63, 3.8) is 0 Å². The lowest BCUT2D eigenvalue weighted by Crippen LogP contribution is -2.15. The van der Waals surface area contributed by atoms with E-state index in [4.69, 9.17) is 14.6 Å². The second kappa shape index (κ2) is 12.8. The van der Waals surface area contributed by atoms with Crippen molar-refractivity contribution >= 4 is 29.2 Å². The summed E-state index contributed by atoms with van der Waals surface area (Å²) in [5.74, 6) is -1.01. The topological polar surface area (TPSA) is 114 Å². The SMILES string of the molecule is CC(=O)Nc1ccc(OCC(=O)O)c(NC(=O)c2ccc(OCCCCc3ccccc3)cc2)c1. The van der Waals surface area contributed by atoms with E-state index in [2.05, 4.69) is 22.8 Å².